The molecule has 0 saturated heterocycles. The molecule has 2 heterocycles. The minimum atomic E-state index is -2.02. The molecule has 0 fully saturated rings. The predicted octanol–water partition coefficient (Wildman–Crippen LogP) is 3.60. The van der Waals surface area contributed by atoms with Crippen LogP contribution in [-0.4, -0.2) is 37.4 Å². The number of non-ortho nitro benzene ring substituents is 1. The van der Waals surface area contributed by atoms with Crippen LogP contribution in [0.15, 0.2) is 89.9 Å². The standard InChI is InChI=1S/C29H26N4O6/c1-19(6-4-5-15-34)29(37)25-16-23(33(38)39)13-14-26(25)31(28(29)36)18-20-9-11-22(12-10-20)32-27(35)24-8-3-2-7-21(24)17-30-32/h2-4,6-14,16-17,19,34,37H,5,15,18H2,1H3/b6-4+/t19-,29+/m0/s1. The first kappa shape index (κ1) is 26.0. The SMILES string of the molecule is C[C@@H](/C=C/CCO)[C@]1(O)C(=O)N(Cc2ccc(-n3ncc4ccccc4c3=O)cc2)c2ccc([N+](=O)[O-])cc21. The van der Waals surface area contributed by atoms with Gasteiger partial charge in [-0.2, -0.15) is 9.78 Å². The summed E-state index contributed by atoms with van der Waals surface area (Å²) in [5.41, 5.74) is -0.686. The molecule has 10 nitrogen and oxygen atoms in total. The second kappa shape index (κ2) is 10.2. The Morgan fingerprint density at radius 2 is 1.85 bits per heavy atom. The second-order valence-corrected chi connectivity index (χ2v) is 9.46. The van der Waals surface area contributed by atoms with E-state index in [1.807, 2.05) is 12.1 Å². The summed E-state index contributed by atoms with van der Waals surface area (Å²) in [7, 11) is 0. The van der Waals surface area contributed by atoms with Crippen LogP contribution in [0.25, 0.3) is 16.5 Å². The van der Waals surface area contributed by atoms with Crippen LogP contribution in [0.3, 0.4) is 0 Å². The number of aliphatic hydroxyl groups is 2. The number of nitro groups is 1. The zero-order chi connectivity index (χ0) is 27.7. The first-order chi connectivity index (χ1) is 18.8. The number of nitro benzene ring substituents is 1. The number of carbonyl (C=O) groups is 1. The third-order valence-corrected chi connectivity index (χ3v) is 7.06. The minimum Gasteiger partial charge on any atom is -0.396 e. The van der Waals surface area contributed by atoms with Crippen LogP contribution in [0, 0.1) is 16.0 Å². The van der Waals surface area contributed by atoms with Crippen LogP contribution in [0.5, 0.6) is 0 Å². The summed E-state index contributed by atoms with van der Waals surface area (Å²) in [5.74, 6) is -1.31. The van der Waals surface area contributed by atoms with Crippen molar-refractivity contribution in [2.24, 2.45) is 5.92 Å². The van der Waals surface area contributed by atoms with Gasteiger partial charge in [0.05, 0.1) is 34.4 Å². The molecule has 0 spiro atoms. The van der Waals surface area contributed by atoms with Gasteiger partial charge in [-0.25, -0.2) is 0 Å². The minimum absolute atomic E-state index is 0.0827. The summed E-state index contributed by atoms with van der Waals surface area (Å²) in [4.78, 5) is 38.9. The number of rotatable bonds is 8. The third-order valence-electron chi connectivity index (χ3n) is 7.06. The molecule has 1 aliphatic rings. The van der Waals surface area contributed by atoms with Crippen molar-refractivity contribution < 1.29 is 19.9 Å². The van der Waals surface area contributed by atoms with Crippen LogP contribution in [0.1, 0.15) is 24.5 Å². The Kier molecular flexibility index (Phi) is 6.81. The maximum Gasteiger partial charge on any atom is 0.279 e. The Morgan fingerprint density at radius 1 is 1.10 bits per heavy atom. The molecular formula is C29H26N4O6. The lowest BCUT2D eigenvalue weighted by molar-refractivity contribution is -0.385. The maximum atomic E-state index is 13.7. The molecule has 0 radical (unpaired) electrons. The number of fused-ring (bicyclic) bond motifs is 2. The van der Waals surface area contributed by atoms with Gasteiger partial charge in [-0.3, -0.25) is 19.7 Å². The highest BCUT2D eigenvalue weighted by Gasteiger charge is 2.53. The van der Waals surface area contributed by atoms with Crippen LogP contribution >= 0.6 is 0 Å². The van der Waals surface area contributed by atoms with Crippen LogP contribution in [-0.2, 0) is 16.9 Å². The third kappa shape index (κ3) is 4.49. The average Bonchev–Trinajstić information content (AvgIpc) is 3.16. The first-order valence-electron chi connectivity index (χ1n) is 12.4. The monoisotopic (exact) mass is 526 g/mol. The van der Waals surface area contributed by atoms with E-state index in [2.05, 4.69) is 5.10 Å². The molecule has 2 N–H and O–H groups in total. The fourth-order valence-corrected chi connectivity index (χ4v) is 4.92. The largest absolute Gasteiger partial charge is 0.396 e. The van der Waals surface area contributed by atoms with Gasteiger partial charge in [-0.1, -0.05) is 49.4 Å². The quantitative estimate of drug-likeness (QED) is 0.203. The van der Waals surface area contributed by atoms with Crippen molar-refractivity contribution in [1.82, 2.24) is 9.78 Å². The molecule has 39 heavy (non-hydrogen) atoms. The Bertz CT molecular complexity index is 1660. The number of aromatic nitrogens is 2. The number of amides is 1. The molecule has 2 atom stereocenters. The lowest BCUT2D eigenvalue weighted by Gasteiger charge is -2.27. The van der Waals surface area contributed by atoms with Gasteiger partial charge in [0, 0.05) is 35.6 Å². The molecule has 3 aromatic carbocycles. The van der Waals surface area contributed by atoms with Crippen molar-refractivity contribution in [2.45, 2.75) is 25.5 Å². The lowest BCUT2D eigenvalue weighted by Crippen LogP contribution is -2.44. The van der Waals surface area contributed by atoms with Crippen molar-refractivity contribution in [2.75, 3.05) is 11.5 Å². The van der Waals surface area contributed by atoms with Gasteiger partial charge < -0.3 is 15.1 Å². The van der Waals surface area contributed by atoms with Gasteiger partial charge in [0.2, 0.25) is 0 Å². The topological polar surface area (TPSA) is 139 Å². The summed E-state index contributed by atoms with van der Waals surface area (Å²) in [5, 5.41) is 37.8. The summed E-state index contributed by atoms with van der Waals surface area (Å²) in [6.45, 7) is 1.67. The number of hydrogen-bond donors (Lipinski definition) is 2. The number of benzene rings is 3. The number of anilines is 1. The number of aliphatic hydroxyl groups excluding tert-OH is 1. The van der Waals surface area contributed by atoms with Crippen LogP contribution in [0.4, 0.5) is 11.4 Å². The smallest absolute Gasteiger partial charge is 0.279 e. The molecule has 1 aromatic heterocycles. The van der Waals surface area contributed by atoms with E-state index in [-0.39, 0.29) is 30.0 Å². The normalized spacial score (nSPS) is 17.6. The fourth-order valence-electron chi connectivity index (χ4n) is 4.92. The van der Waals surface area contributed by atoms with E-state index >= 15 is 0 Å². The molecule has 4 aromatic rings. The summed E-state index contributed by atoms with van der Waals surface area (Å²) in [6.07, 6.45) is 5.27. The highest BCUT2D eigenvalue weighted by molar-refractivity contribution is 6.07. The van der Waals surface area contributed by atoms with E-state index in [1.54, 1.807) is 61.7 Å². The van der Waals surface area contributed by atoms with Gasteiger partial charge in [0.25, 0.3) is 17.2 Å². The summed E-state index contributed by atoms with van der Waals surface area (Å²) in [6, 6.07) is 18.2. The van der Waals surface area contributed by atoms with Crippen LogP contribution in [0.2, 0.25) is 0 Å². The average molecular weight is 527 g/mol. The number of hydrogen-bond acceptors (Lipinski definition) is 7. The Balaban J connectivity index is 1.48. The molecule has 5 rings (SSSR count). The van der Waals surface area contributed by atoms with E-state index in [0.29, 0.717) is 23.2 Å². The molecule has 0 aliphatic carbocycles. The van der Waals surface area contributed by atoms with Crippen molar-refractivity contribution in [3.8, 4) is 5.69 Å². The maximum absolute atomic E-state index is 13.7. The zero-order valence-electron chi connectivity index (χ0n) is 21.1. The predicted molar refractivity (Wildman–Crippen MR) is 146 cm³/mol. The first-order valence-corrected chi connectivity index (χ1v) is 12.4. The van der Waals surface area contributed by atoms with Crippen molar-refractivity contribution in [3.05, 3.63) is 117 Å². The van der Waals surface area contributed by atoms with Gasteiger partial charge in [0.1, 0.15) is 0 Å². The van der Waals surface area contributed by atoms with E-state index < -0.39 is 22.3 Å². The van der Waals surface area contributed by atoms with E-state index in [0.717, 1.165) is 10.9 Å². The lowest BCUT2D eigenvalue weighted by atomic mass is 9.82. The number of nitrogens with zero attached hydrogens (tertiary/aromatic N) is 4. The molecule has 1 aliphatic heterocycles. The van der Waals surface area contributed by atoms with Gasteiger partial charge >= 0.3 is 0 Å². The van der Waals surface area contributed by atoms with Crippen LogP contribution < -0.4 is 10.5 Å². The molecule has 0 saturated carbocycles. The van der Waals surface area contributed by atoms with Gasteiger partial charge in [-0.15, -0.1) is 0 Å². The molecule has 10 heteroatoms. The van der Waals surface area contributed by atoms with Crippen molar-refractivity contribution >= 4 is 28.1 Å². The second-order valence-electron chi connectivity index (χ2n) is 9.46. The zero-order valence-corrected chi connectivity index (χ0v) is 21.1. The molecule has 0 unspecified atom stereocenters. The van der Waals surface area contributed by atoms with Gasteiger partial charge in [-0.05, 0) is 36.2 Å². The molecule has 1 amide bonds. The number of carbonyl (C=O) groups excluding carboxylic acids is 1. The highest BCUT2D eigenvalue weighted by Crippen LogP contribution is 2.47. The van der Waals surface area contributed by atoms with Crippen molar-refractivity contribution in [3.63, 3.8) is 0 Å². The van der Waals surface area contributed by atoms with Gasteiger partial charge in [0.15, 0.2) is 5.60 Å². The Morgan fingerprint density at radius 3 is 2.56 bits per heavy atom. The summed E-state index contributed by atoms with van der Waals surface area (Å²) < 4.78 is 1.31. The highest BCUT2D eigenvalue weighted by atomic mass is 16.6. The molecule has 0 bridgehead atoms. The Hall–Kier alpha value is -4.67. The summed E-state index contributed by atoms with van der Waals surface area (Å²) >= 11 is 0. The Labute approximate surface area is 223 Å². The van der Waals surface area contributed by atoms with Crippen molar-refractivity contribution in [1.29, 1.82) is 0 Å². The van der Waals surface area contributed by atoms with E-state index in [9.17, 15) is 24.8 Å². The molecular weight excluding hydrogens is 500 g/mol. The fraction of sp³-hybridized carbons (Fsp3) is 0.207. The van der Waals surface area contributed by atoms with E-state index in [1.165, 1.54) is 27.8 Å². The molecule has 198 valence electrons. The van der Waals surface area contributed by atoms with E-state index in [4.69, 9.17) is 5.11 Å².